The fourth-order valence-electron chi connectivity index (χ4n) is 2.90. The number of hydrogen-bond acceptors (Lipinski definition) is 3. The lowest BCUT2D eigenvalue weighted by Crippen LogP contribution is -2.19. The summed E-state index contributed by atoms with van der Waals surface area (Å²) in [5, 5.41) is 3.02. The Labute approximate surface area is 131 Å². The molecular formula is C18H21N3O. The van der Waals surface area contributed by atoms with E-state index in [0.717, 1.165) is 35.6 Å². The van der Waals surface area contributed by atoms with Crippen molar-refractivity contribution in [2.45, 2.75) is 26.7 Å². The predicted molar refractivity (Wildman–Crippen MR) is 89.6 cm³/mol. The van der Waals surface area contributed by atoms with Crippen LogP contribution in [0.2, 0.25) is 0 Å². The van der Waals surface area contributed by atoms with Crippen molar-refractivity contribution >= 4 is 17.3 Å². The number of nitrogens with one attached hydrogen (secondary N) is 1. The van der Waals surface area contributed by atoms with Crippen LogP contribution in [0.1, 0.15) is 34.3 Å². The van der Waals surface area contributed by atoms with Crippen LogP contribution in [-0.4, -0.2) is 24.0 Å². The summed E-state index contributed by atoms with van der Waals surface area (Å²) < 4.78 is 0. The number of para-hydroxylation sites is 1. The van der Waals surface area contributed by atoms with Gasteiger partial charge in [-0.15, -0.1) is 0 Å². The zero-order chi connectivity index (χ0) is 15.5. The van der Waals surface area contributed by atoms with E-state index in [9.17, 15) is 4.79 Å². The molecule has 2 aromatic rings. The van der Waals surface area contributed by atoms with Gasteiger partial charge in [0.1, 0.15) is 0 Å². The standard InChI is InChI=1S/C18H21N3O/c1-13-6-5-7-14(2)17(13)20-18(22)15-10-16(12-19-11-15)21-8-3-4-9-21/h5-7,10-12H,3-4,8-9H2,1-2H3,(H,20,22). The molecule has 1 N–H and O–H groups in total. The lowest BCUT2D eigenvalue weighted by atomic mass is 10.1. The summed E-state index contributed by atoms with van der Waals surface area (Å²) >= 11 is 0. The average molecular weight is 295 g/mol. The van der Waals surface area contributed by atoms with Crippen molar-refractivity contribution in [2.24, 2.45) is 0 Å². The van der Waals surface area contributed by atoms with E-state index in [0.29, 0.717) is 5.56 Å². The zero-order valence-corrected chi connectivity index (χ0v) is 13.1. The van der Waals surface area contributed by atoms with Gasteiger partial charge in [-0.3, -0.25) is 9.78 Å². The van der Waals surface area contributed by atoms with E-state index < -0.39 is 0 Å². The summed E-state index contributed by atoms with van der Waals surface area (Å²) in [4.78, 5) is 19.0. The van der Waals surface area contributed by atoms with Gasteiger partial charge in [-0.25, -0.2) is 0 Å². The van der Waals surface area contributed by atoms with E-state index in [1.165, 1.54) is 12.8 Å². The Morgan fingerprint density at radius 3 is 2.50 bits per heavy atom. The van der Waals surface area contributed by atoms with Crippen LogP contribution in [0.5, 0.6) is 0 Å². The SMILES string of the molecule is Cc1cccc(C)c1NC(=O)c1cncc(N2CCCC2)c1. The molecule has 2 heterocycles. The number of nitrogens with zero attached hydrogens (tertiary/aromatic N) is 2. The van der Waals surface area contributed by atoms with Crippen LogP contribution in [0.4, 0.5) is 11.4 Å². The molecule has 1 saturated heterocycles. The third kappa shape index (κ3) is 2.96. The highest BCUT2D eigenvalue weighted by Gasteiger charge is 2.15. The van der Waals surface area contributed by atoms with Crippen LogP contribution < -0.4 is 10.2 Å². The molecule has 0 unspecified atom stereocenters. The fourth-order valence-corrected chi connectivity index (χ4v) is 2.90. The van der Waals surface area contributed by atoms with Crippen LogP contribution in [0.25, 0.3) is 0 Å². The number of pyridine rings is 1. The zero-order valence-electron chi connectivity index (χ0n) is 13.1. The molecule has 4 heteroatoms. The molecule has 1 aliphatic rings. The minimum Gasteiger partial charge on any atom is -0.370 e. The third-order valence-electron chi connectivity index (χ3n) is 4.18. The number of aryl methyl sites for hydroxylation is 2. The molecule has 22 heavy (non-hydrogen) atoms. The topological polar surface area (TPSA) is 45.2 Å². The van der Waals surface area contributed by atoms with Crippen molar-refractivity contribution in [3.63, 3.8) is 0 Å². The number of rotatable bonds is 3. The van der Waals surface area contributed by atoms with Gasteiger partial charge < -0.3 is 10.2 Å². The van der Waals surface area contributed by atoms with Crippen molar-refractivity contribution in [3.8, 4) is 0 Å². The number of carbonyl (C=O) groups is 1. The van der Waals surface area contributed by atoms with Crippen molar-refractivity contribution in [2.75, 3.05) is 23.3 Å². The first-order valence-corrected chi connectivity index (χ1v) is 7.73. The third-order valence-corrected chi connectivity index (χ3v) is 4.18. The van der Waals surface area contributed by atoms with Crippen LogP contribution >= 0.6 is 0 Å². The Hall–Kier alpha value is -2.36. The molecular weight excluding hydrogens is 274 g/mol. The van der Waals surface area contributed by atoms with E-state index in [2.05, 4.69) is 15.2 Å². The van der Waals surface area contributed by atoms with Crippen LogP contribution in [0.3, 0.4) is 0 Å². The highest BCUT2D eigenvalue weighted by molar-refractivity contribution is 6.05. The summed E-state index contributed by atoms with van der Waals surface area (Å²) in [6.45, 7) is 6.09. The maximum absolute atomic E-state index is 12.5. The molecule has 0 saturated carbocycles. The first kappa shape index (κ1) is 14.6. The highest BCUT2D eigenvalue weighted by Crippen LogP contribution is 2.23. The summed E-state index contributed by atoms with van der Waals surface area (Å²) in [7, 11) is 0. The predicted octanol–water partition coefficient (Wildman–Crippen LogP) is 3.55. The van der Waals surface area contributed by atoms with Crippen LogP contribution in [-0.2, 0) is 0 Å². The number of carbonyl (C=O) groups excluding carboxylic acids is 1. The van der Waals surface area contributed by atoms with Crippen molar-refractivity contribution in [1.82, 2.24) is 4.98 Å². The van der Waals surface area contributed by atoms with E-state index >= 15 is 0 Å². The molecule has 0 bridgehead atoms. The monoisotopic (exact) mass is 295 g/mol. The average Bonchev–Trinajstić information content (AvgIpc) is 3.05. The minimum atomic E-state index is -0.106. The molecule has 0 atom stereocenters. The quantitative estimate of drug-likeness (QED) is 0.942. The largest absolute Gasteiger partial charge is 0.370 e. The van der Waals surface area contributed by atoms with Crippen LogP contribution in [0.15, 0.2) is 36.7 Å². The number of amides is 1. The van der Waals surface area contributed by atoms with E-state index in [1.54, 1.807) is 6.20 Å². The summed E-state index contributed by atoms with van der Waals surface area (Å²) in [5.74, 6) is -0.106. The van der Waals surface area contributed by atoms with Gasteiger partial charge in [0.15, 0.2) is 0 Å². The molecule has 0 spiro atoms. The van der Waals surface area contributed by atoms with Gasteiger partial charge in [0.25, 0.3) is 5.91 Å². The molecule has 1 fully saturated rings. The molecule has 1 aromatic heterocycles. The summed E-state index contributed by atoms with van der Waals surface area (Å²) in [5.41, 5.74) is 4.66. The van der Waals surface area contributed by atoms with Crippen molar-refractivity contribution in [3.05, 3.63) is 53.3 Å². The highest BCUT2D eigenvalue weighted by atomic mass is 16.1. The Balaban J connectivity index is 1.82. The van der Waals surface area contributed by atoms with Gasteiger partial charge in [-0.05, 0) is 43.9 Å². The number of benzene rings is 1. The molecule has 3 rings (SSSR count). The Morgan fingerprint density at radius 2 is 1.82 bits per heavy atom. The minimum absolute atomic E-state index is 0.106. The maximum Gasteiger partial charge on any atom is 0.257 e. The van der Waals surface area contributed by atoms with Crippen molar-refractivity contribution in [1.29, 1.82) is 0 Å². The number of anilines is 2. The normalized spacial score (nSPS) is 14.2. The Morgan fingerprint density at radius 1 is 1.14 bits per heavy atom. The van der Waals surface area contributed by atoms with Crippen molar-refractivity contribution < 1.29 is 4.79 Å². The Kier molecular flexibility index (Phi) is 4.09. The summed E-state index contributed by atoms with van der Waals surface area (Å²) in [6.07, 6.45) is 5.88. The first-order chi connectivity index (χ1) is 10.6. The van der Waals surface area contributed by atoms with Gasteiger partial charge >= 0.3 is 0 Å². The molecule has 114 valence electrons. The summed E-state index contributed by atoms with van der Waals surface area (Å²) in [6, 6.07) is 7.93. The second-order valence-electron chi connectivity index (χ2n) is 5.85. The number of aromatic nitrogens is 1. The van der Waals surface area contributed by atoms with E-state index in [1.807, 2.05) is 44.3 Å². The lowest BCUT2D eigenvalue weighted by molar-refractivity contribution is 0.102. The first-order valence-electron chi connectivity index (χ1n) is 7.73. The van der Waals surface area contributed by atoms with Gasteiger partial charge in [0.2, 0.25) is 0 Å². The van der Waals surface area contributed by atoms with Gasteiger partial charge in [0.05, 0.1) is 17.4 Å². The van der Waals surface area contributed by atoms with E-state index in [4.69, 9.17) is 0 Å². The molecule has 0 aliphatic carbocycles. The van der Waals surface area contributed by atoms with Gasteiger partial charge in [-0.1, -0.05) is 18.2 Å². The molecule has 4 nitrogen and oxygen atoms in total. The van der Waals surface area contributed by atoms with Crippen LogP contribution in [0, 0.1) is 13.8 Å². The van der Waals surface area contributed by atoms with Gasteiger partial charge in [-0.2, -0.15) is 0 Å². The molecule has 1 amide bonds. The second kappa shape index (κ2) is 6.18. The maximum atomic E-state index is 12.5. The van der Waals surface area contributed by atoms with Gasteiger partial charge in [0, 0.05) is 25.0 Å². The molecule has 1 aromatic carbocycles. The smallest absolute Gasteiger partial charge is 0.257 e. The number of hydrogen-bond donors (Lipinski definition) is 1. The van der Waals surface area contributed by atoms with E-state index in [-0.39, 0.29) is 5.91 Å². The lowest BCUT2D eigenvalue weighted by Gasteiger charge is -2.18. The fraction of sp³-hybridized carbons (Fsp3) is 0.333. The molecule has 0 radical (unpaired) electrons. The Bertz CT molecular complexity index is 670. The second-order valence-corrected chi connectivity index (χ2v) is 5.85. The molecule has 1 aliphatic heterocycles.